The summed E-state index contributed by atoms with van der Waals surface area (Å²) in [5, 5.41) is 6.42. The van der Waals surface area contributed by atoms with Crippen LogP contribution in [0.25, 0.3) is 0 Å². The Bertz CT molecular complexity index is 759. The van der Waals surface area contributed by atoms with Crippen molar-refractivity contribution in [2.24, 2.45) is 4.99 Å². The highest BCUT2D eigenvalue weighted by molar-refractivity contribution is 14.0. The minimum Gasteiger partial charge on any atom is -0.352 e. The Morgan fingerprint density at radius 2 is 1.39 bits per heavy atom. The summed E-state index contributed by atoms with van der Waals surface area (Å²) in [6, 6.07) is 13.9. The summed E-state index contributed by atoms with van der Waals surface area (Å²) >= 11 is 0. The Hall–Kier alpha value is -2.16. The molecule has 2 aromatic carbocycles. The first-order valence-corrected chi connectivity index (χ1v) is 9.14. The highest BCUT2D eigenvalue weighted by Gasteiger charge is 2.11. The van der Waals surface area contributed by atoms with Crippen LogP contribution < -0.4 is 10.6 Å². The molecule has 0 fully saturated rings. The lowest BCUT2D eigenvalue weighted by atomic mass is 10.1. The molecule has 0 spiro atoms. The molecule has 0 radical (unpaired) electrons. The van der Waals surface area contributed by atoms with E-state index >= 15 is 0 Å². The van der Waals surface area contributed by atoms with Gasteiger partial charge in [-0.1, -0.05) is 24.3 Å². The molecule has 0 aliphatic heterocycles. The van der Waals surface area contributed by atoms with Gasteiger partial charge < -0.3 is 15.5 Å². The molecule has 2 aromatic rings. The van der Waals surface area contributed by atoms with Crippen LogP contribution >= 0.6 is 24.0 Å². The molecule has 0 aliphatic carbocycles. The van der Waals surface area contributed by atoms with E-state index in [4.69, 9.17) is 0 Å². The van der Waals surface area contributed by atoms with Crippen LogP contribution in [-0.2, 0) is 13.1 Å². The fourth-order valence-corrected chi connectivity index (χ4v) is 2.65. The largest absolute Gasteiger partial charge is 0.352 e. The van der Waals surface area contributed by atoms with Gasteiger partial charge in [0.15, 0.2) is 5.96 Å². The number of rotatable bonds is 7. The van der Waals surface area contributed by atoms with E-state index < -0.39 is 0 Å². The standard InChI is InChI=1S/C21H27FN4O.HI/c1-4-26(5-2)20(27)18-10-6-16(7-11-18)14-24-21(23-3)25-15-17-8-12-19(22)13-9-17;/h6-13H,4-5,14-15H2,1-3H3,(H2,23,24,25);1H. The second-order valence-corrected chi connectivity index (χ2v) is 6.08. The number of amides is 1. The zero-order valence-corrected chi connectivity index (χ0v) is 18.9. The Balaban J connectivity index is 0.00000392. The van der Waals surface area contributed by atoms with E-state index in [9.17, 15) is 9.18 Å². The summed E-state index contributed by atoms with van der Waals surface area (Å²) in [7, 11) is 1.70. The van der Waals surface area contributed by atoms with Crippen molar-refractivity contribution in [3.8, 4) is 0 Å². The zero-order valence-electron chi connectivity index (χ0n) is 16.5. The Labute approximate surface area is 183 Å². The highest BCUT2D eigenvalue weighted by Crippen LogP contribution is 2.08. The second kappa shape index (κ2) is 12.3. The lowest BCUT2D eigenvalue weighted by Gasteiger charge is -2.18. The molecule has 152 valence electrons. The van der Waals surface area contributed by atoms with Crippen LogP contribution in [0.2, 0.25) is 0 Å². The molecule has 0 saturated carbocycles. The number of carbonyl (C=O) groups is 1. The molecule has 0 aromatic heterocycles. The van der Waals surface area contributed by atoms with Gasteiger partial charge in [0.25, 0.3) is 5.91 Å². The van der Waals surface area contributed by atoms with Crippen LogP contribution in [0.15, 0.2) is 53.5 Å². The monoisotopic (exact) mass is 498 g/mol. The van der Waals surface area contributed by atoms with E-state index in [1.807, 2.05) is 38.1 Å². The summed E-state index contributed by atoms with van der Waals surface area (Å²) in [4.78, 5) is 18.3. The van der Waals surface area contributed by atoms with Gasteiger partial charge in [-0.25, -0.2) is 4.39 Å². The molecule has 0 aliphatic rings. The number of nitrogens with zero attached hydrogens (tertiary/aromatic N) is 2. The SMILES string of the molecule is CCN(CC)C(=O)c1ccc(CNC(=NC)NCc2ccc(F)cc2)cc1.I. The lowest BCUT2D eigenvalue weighted by Crippen LogP contribution is -2.36. The summed E-state index contributed by atoms with van der Waals surface area (Å²) in [5.41, 5.74) is 2.72. The maximum absolute atomic E-state index is 12.9. The maximum atomic E-state index is 12.9. The Morgan fingerprint density at radius 3 is 1.82 bits per heavy atom. The number of nitrogens with one attached hydrogen (secondary N) is 2. The van der Waals surface area contributed by atoms with Crippen LogP contribution in [-0.4, -0.2) is 36.9 Å². The molecule has 2 N–H and O–H groups in total. The molecule has 0 bridgehead atoms. The average molecular weight is 498 g/mol. The Morgan fingerprint density at radius 1 is 0.929 bits per heavy atom. The van der Waals surface area contributed by atoms with Crippen molar-refractivity contribution < 1.29 is 9.18 Å². The van der Waals surface area contributed by atoms with Gasteiger partial charge in [0, 0.05) is 38.8 Å². The quantitative estimate of drug-likeness (QED) is 0.347. The number of guanidine groups is 1. The van der Waals surface area contributed by atoms with Crippen molar-refractivity contribution >= 4 is 35.8 Å². The van der Waals surface area contributed by atoms with Crippen LogP contribution in [0.1, 0.15) is 35.3 Å². The average Bonchev–Trinajstić information content (AvgIpc) is 2.70. The number of carbonyl (C=O) groups excluding carboxylic acids is 1. The minimum atomic E-state index is -0.246. The van der Waals surface area contributed by atoms with Crippen LogP contribution in [0.3, 0.4) is 0 Å². The molecule has 0 atom stereocenters. The van der Waals surface area contributed by atoms with Gasteiger partial charge in [-0.3, -0.25) is 9.79 Å². The first kappa shape index (κ1) is 23.9. The van der Waals surface area contributed by atoms with E-state index in [-0.39, 0.29) is 35.7 Å². The predicted octanol–water partition coefficient (Wildman–Crippen LogP) is 3.79. The molecular weight excluding hydrogens is 470 g/mol. The van der Waals surface area contributed by atoms with Gasteiger partial charge in [-0.05, 0) is 49.2 Å². The molecule has 28 heavy (non-hydrogen) atoms. The molecule has 7 heteroatoms. The lowest BCUT2D eigenvalue weighted by molar-refractivity contribution is 0.0773. The zero-order chi connectivity index (χ0) is 19.6. The van der Waals surface area contributed by atoms with E-state index in [1.165, 1.54) is 12.1 Å². The topological polar surface area (TPSA) is 56.7 Å². The van der Waals surface area contributed by atoms with Gasteiger partial charge >= 0.3 is 0 Å². The van der Waals surface area contributed by atoms with Gasteiger partial charge in [-0.15, -0.1) is 24.0 Å². The molecule has 0 saturated heterocycles. The van der Waals surface area contributed by atoms with Crippen LogP contribution in [0.4, 0.5) is 4.39 Å². The molecule has 1 amide bonds. The third-order valence-corrected chi connectivity index (χ3v) is 4.31. The number of benzene rings is 2. The predicted molar refractivity (Wildman–Crippen MR) is 123 cm³/mol. The van der Waals surface area contributed by atoms with Crippen LogP contribution in [0.5, 0.6) is 0 Å². The third-order valence-electron chi connectivity index (χ3n) is 4.31. The summed E-state index contributed by atoms with van der Waals surface area (Å²) in [6.45, 7) is 6.50. The normalized spacial score (nSPS) is 10.8. The molecule has 2 rings (SSSR count). The number of halogens is 2. The third kappa shape index (κ3) is 7.10. The van der Waals surface area contributed by atoms with E-state index in [1.54, 1.807) is 24.1 Å². The fraction of sp³-hybridized carbons (Fsp3) is 0.333. The second-order valence-electron chi connectivity index (χ2n) is 6.08. The molecule has 5 nitrogen and oxygen atoms in total. The number of hydrogen-bond acceptors (Lipinski definition) is 2. The van der Waals surface area contributed by atoms with Crippen molar-refractivity contribution in [2.45, 2.75) is 26.9 Å². The highest BCUT2D eigenvalue weighted by atomic mass is 127. The number of aliphatic imine (C=N–C) groups is 1. The Kier molecular flexibility index (Phi) is 10.5. The first-order valence-electron chi connectivity index (χ1n) is 9.14. The van der Waals surface area contributed by atoms with Crippen molar-refractivity contribution in [2.75, 3.05) is 20.1 Å². The van der Waals surface area contributed by atoms with Crippen molar-refractivity contribution in [1.29, 1.82) is 0 Å². The first-order chi connectivity index (χ1) is 13.1. The molecular formula is C21H28FIN4O. The van der Waals surface area contributed by atoms with E-state index in [0.717, 1.165) is 11.1 Å². The van der Waals surface area contributed by atoms with Crippen molar-refractivity contribution in [3.05, 3.63) is 71.0 Å². The molecule has 0 heterocycles. The summed E-state index contributed by atoms with van der Waals surface area (Å²) < 4.78 is 12.9. The van der Waals surface area contributed by atoms with Gasteiger partial charge in [0.2, 0.25) is 0 Å². The van der Waals surface area contributed by atoms with E-state index in [0.29, 0.717) is 37.7 Å². The smallest absolute Gasteiger partial charge is 0.253 e. The van der Waals surface area contributed by atoms with Gasteiger partial charge in [-0.2, -0.15) is 0 Å². The number of hydrogen-bond donors (Lipinski definition) is 2. The summed E-state index contributed by atoms with van der Waals surface area (Å²) in [5.74, 6) is 0.461. The summed E-state index contributed by atoms with van der Waals surface area (Å²) in [6.07, 6.45) is 0. The van der Waals surface area contributed by atoms with Crippen molar-refractivity contribution in [3.63, 3.8) is 0 Å². The molecule has 0 unspecified atom stereocenters. The van der Waals surface area contributed by atoms with Crippen molar-refractivity contribution in [1.82, 2.24) is 15.5 Å². The van der Waals surface area contributed by atoms with E-state index in [2.05, 4.69) is 15.6 Å². The fourth-order valence-electron chi connectivity index (χ4n) is 2.65. The van der Waals surface area contributed by atoms with Gasteiger partial charge in [0.1, 0.15) is 5.82 Å². The maximum Gasteiger partial charge on any atom is 0.253 e. The van der Waals surface area contributed by atoms with Crippen LogP contribution in [0, 0.1) is 5.82 Å². The van der Waals surface area contributed by atoms with Gasteiger partial charge in [0.05, 0.1) is 0 Å². The minimum absolute atomic E-state index is 0.